The second kappa shape index (κ2) is 4.43. The van der Waals surface area contributed by atoms with E-state index >= 15 is 0 Å². The maximum Gasteiger partial charge on any atom is 0.400 e. The van der Waals surface area contributed by atoms with Gasteiger partial charge in [0.25, 0.3) is 10.1 Å². The highest BCUT2D eigenvalue weighted by molar-refractivity contribution is 7.86. The Balaban J connectivity index is 2.03. The van der Waals surface area contributed by atoms with Crippen LogP contribution < -0.4 is 0 Å². The third-order valence-electron chi connectivity index (χ3n) is 2.50. The molecule has 0 aromatic heterocycles. The van der Waals surface area contributed by atoms with Gasteiger partial charge in [0.1, 0.15) is 12.2 Å². The number of hydrogen-bond donors (Lipinski definition) is 0. The molecule has 2 saturated heterocycles. The van der Waals surface area contributed by atoms with Gasteiger partial charge in [-0.25, -0.2) is 12.8 Å². The van der Waals surface area contributed by atoms with E-state index in [1.807, 2.05) is 0 Å². The van der Waals surface area contributed by atoms with Crippen molar-refractivity contribution < 1.29 is 33.8 Å². The minimum absolute atomic E-state index is 0.00966. The molecule has 7 nitrogen and oxygen atoms in total. The van der Waals surface area contributed by atoms with Crippen LogP contribution in [0.1, 0.15) is 12.8 Å². The van der Waals surface area contributed by atoms with Gasteiger partial charge in [-0.2, -0.15) is 16.8 Å². The minimum Gasteiger partial charge on any atom is -0.264 e. The summed E-state index contributed by atoms with van der Waals surface area (Å²) < 4.78 is 70.9. The van der Waals surface area contributed by atoms with Gasteiger partial charge in [-0.05, 0) is 6.42 Å². The van der Waals surface area contributed by atoms with Crippen LogP contribution >= 0.6 is 0 Å². The van der Waals surface area contributed by atoms with Crippen LogP contribution in [0, 0.1) is 0 Å². The van der Waals surface area contributed by atoms with Crippen LogP contribution in [0.2, 0.25) is 0 Å². The Hall–Kier alpha value is -0.290. The van der Waals surface area contributed by atoms with E-state index in [-0.39, 0.29) is 25.2 Å². The van der Waals surface area contributed by atoms with Crippen molar-refractivity contribution in [3.63, 3.8) is 0 Å². The molecule has 2 rings (SSSR count). The van der Waals surface area contributed by atoms with Crippen LogP contribution in [0.15, 0.2) is 0 Å². The molecule has 3 unspecified atom stereocenters. The Morgan fingerprint density at radius 1 is 1.06 bits per heavy atom. The van der Waals surface area contributed by atoms with E-state index < -0.39 is 38.9 Å². The van der Waals surface area contributed by atoms with Crippen LogP contribution in [0.25, 0.3) is 0 Å². The lowest BCUT2D eigenvalue weighted by Crippen LogP contribution is -2.41. The largest absolute Gasteiger partial charge is 0.400 e. The zero-order valence-electron chi connectivity index (χ0n) is 8.61. The number of rotatable bonds is 2. The summed E-state index contributed by atoms with van der Waals surface area (Å²) in [6.07, 6.45) is -4.24. The molecule has 0 saturated carbocycles. The molecule has 3 atom stereocenters. The molecule has 0 N–H and O–H groups in total. The zero-order valence-corrected chi connectivity index (χ0v) is 10.2. The second-order valence-corrected chi connectivity index (χ2v) is 6.74. The SMILES string of the molecule is O=S1(=O)CCC(C(F)C2CCOS(=O)(=O)O2)O1. The van der Waals surface area contributed by atoms with Crippen LogP contribution in [0.4, 0.5) is 4.39 Å². The number of halogens is 1. The van der Waals surface area contributed by atoms with Crippen molar-refractivity contribution >= 4 is 20.5 Å². The molecule has 0 aromatic carbocycles. The van der Waals surface area contributed by atoms with E-state index in [1.54, 1.807) is 0 Å². The average molecular weight is 290 g/mol. The molecule has 10 heteroatoms. The van der Waals surface area contributed by atoms with Gasteiger partial charge < -0.3 is 0 Å². The molecule has 2 aliphatic heterocycles. The van der Waals surface area contributed by atoms with Crippen molar-refractivity contribution in [3.8, 4) is 0 Å². The molecular weight excluding hydrogens is 279 g/mol. The molecule has 0 aliphatic carbocycles. The molecule has 2 heterocycles. The summed E-state index contributed by atoms with van der Waals surface area (Å²) in [6, 6.07) is 0. The fourth-order valence-corrected chi connectivity index (χ4v) is 3.76. The fourth-order valence-electron chi connectivity index (χ4n) is 1.70. The number of alkyl halides is 1. The summed E-state index contributed by atoms with van der Waals surface area (Å²) in [5, 5.41) is 0. The summed E-state index contributed by atoms with van der Waals surface area (Å²) >= 11 is 0. The average Bonchev–Trinajstić information content (AvgIpc) is 2.56. The third-order valence-corrected chi connectivity index (χ3v) is 4.72. The van der Waals surface area contributed by atoms with E-state index in [0.717, 1.165) is 0 Å². The van der Waals surface area contributed by atoms with Gasteiger partial charge in [0.15, 0.2) is 6.17 Å². The van der Waals surface area contributed by atoms with Gasteiger partial charge in [0.05, 0.1) is 12.4 Å². The smallest absolute Gasteiger partial charge is 0.264 e. The predicted molar refractivity (Wildman–Crippen MR) is 52.5 cm³/mol. The lowest BCUT2D eigenvalue weighted by molar-refractivity contribution is -0.00892. The third kappa shape index (κ3) is 3.13. The maximum absolute atomic E-state index is 13.8. The van der Waals surface area contributed by atoms with Gasteiger partial charge in [-0.1, -0.05) is 0 Å². The van der Waals surface area contributed by atoms with E-state index in [0.29, 0.717) is 0 Å². The van der Waals surface area contributed by atoms with Crippen LogP contribution in [-0.2, 0) is 33.1 Å². The van der Waals surface area contributed by atoms with E-state index in [9.17, 15) is 21.2 Å². The van der Waals surface area contributed by atoms with Crippen molar-refractivity contribution in [2.24, 2.45) is 0 Å². The molecule has 0 radical (unpaired) electrons. The maximum atomic E-state index is 13.8. The molecule has 2 fully saturated rings. The highest BCUT2D eigenvalue weighted by Crippen LogP contribution is 2.28. The van der Waals surface area contributed by atoms with Gasteiger partial charge in [0.2, 0.25) is 0 Å². The summed E-state index contributed by atoms with van der Waals surface area (Å²) in [5.41, 5.74) is 0. The van der Waals surface area contributed by atoms with Crippen molar-refractivity contribution in [1.29, 1.82) is 0 Å². The molecule has 0 bridgehead atoms. The summed E-state index contributed by atoms with van der Waals surface area (Å²) in [7, 11) is -7.86. The van der Waals surface area contributed by atoms with Gasteiger partial charge in [-0.3, -0.25) is 4.18 Å². The lowest BCUT2D eigenvalue weighted by atomic mass is 10.1. The Morgan fingerprint density at radius 2 is 1.71 bits per heavy atom. The quantitative estimate of drug-likeness (QED) is 0.632. The minimum atomic E-state index is -4.18. The van der Waals surface area contributed by atoms with Crippen LogP contribution in [0.5, 0.6) is 0 Å². The molecular formula is C7H11FO7S2. The Labute approximate surface area is 98.3 Å². The summed E-state index contributed by atoms with van der Waals surface area (Å²) in [5.74, 6) is -0.270. The first kappa shape index (κ1) is 13.1. The van der Waals surface area contributed by atoms with Gasteiger partial charge in [-0.15, -0.1) is 0 Å². The fraction of sp³-hybridized carbons (Fsp3) is 1.00. The summed E-state index contributed by atoms with van der Waals surface area (Å²) in [4.78, 5) is 0. The Bertz CT molecular complexity index is 484. The molecule has 100 valence electrons. The Kier molecular flexibility index (Phi) is 3.42. The molecule has 0 amide bonds. The van der Waals surface area contributed by atoms with Crippen molar-refractivity contribution in [2.75, 3.05) is 12.4 Å². The van der Waals surface area contributed by atoms with Gasteiger partial charge >= 0.3 is 10.4 Å². The monoisotopic (exact) mass is 290 g/mol. The molecule has 0 aromatic rings. The number of hydrogen-bond acceptors (Lipinski definition) is 7. The molecule has 0 spiro atoms. The standard InChI is InChI=1S/C7H11FO7S2/c8-7(6-2-4-16(9,10)14-6)5-1-3-13-17(11,12)15-5/h5-7H,1-4H2. The molecule has 17 heavy (non-hydrogen) atoms. The first-order chi connectivity index (χ1) is 7.79. The second-order valence-electron chi connectivity index (χ2n) is 3.78. The highest BCUT2D eigenvalue weighted by Gasteiger charge is 2.42. The van der Waals surface area contributed by atoms with Crippen LogP contribution in [0.3, 0.4) is 0 Å². The first-order valence-electron chi connectivity index (χ1n) is 4.92. The van der Waals surface area contributed by atoms with Crippen molar-refractivity contribution in [3.05, 3.63) is 0 Å². The Morgan fingerprint density at radius 3 is 2.24 bits per heavy atom. The van der Waals surface area contributed by atoms with Crippen molar-refractivity contribution in [2.45, 2.75) is 31.2 Å². The van der Waals surface area contributed by atoms with E-state index in [2.05, 4.69) is 12.5 Å². The van der Waals surface area contributed by atoms with Crippen molar-refractivity contribution in [1.82, 2.24) is 0 Å². The lowest BCUT2D eigenvalue weighted by Gasteiger charge is -2.26. The van der Waals surface area contributed by atoms with Gasteiger partial charge in [0, 0.05) is 6.42 Å². The van der Waals surface area contributed by atoms with Crippen LogP contribution in [-0.4, -0.2) is 47.6 Å². The predicted octanol–water partition coefficient (Wildman–Crippen LogP) is -0.506. The van der Waals surface area contributed by atoms with E-state index in [1.165, 1.54) is 0 Å². The first-order valence-corrected chi connectivity index (χ1v) is 7.83. The highest BCUT2D eigenvalue weighted by atomic mass is 32.3. The zero-order chi connectivity index (χ0) is 12.7. The normalized spacial score (nSPS) is 37.7. The van der Waals surface area contributed by atoms with E-state index in [4.69, 9.17) is 0 Å². The topological polar surface area (TPSA) is 96.0 Å². The molecule has 2 aliphatic rings. The summed E-state index contributed by atoms with van der Waals surface area (Å²) in [6.45, 7) is -0.188.